The van der Waals surface area contributed by atoms with Crippen LogP contribution in [0.1, 0.15) is 25.0 Å². The molecule has 0 aliphatic heterocycles. The summed E-state index contributed by atoms with van der Waals surface area (Å²) in [6.45, 7) is 3.85. The molecular formula is C13H17F3N2O. The average Bonchev–Trinajstić information content (AvgIpc) is 2.25. The van der Waals surface area contributed by atoms with Crippen LogP contribution in [0.4, 0.5) is 13.2 Å². The van der Waals surface area contributed by atoms with E-state index in [4.69, 9.17) is 5.73 Å². The van der Waals surface area contributed by atoms with Crippen molar-refractivity contribution in [2.45, 2.75) is 32.0 Å². The van der Waals surface area contributed by atoms with Crippen LogP contribution in [-0.4, -0.2) is 18.0 Å². The molecule has 1 aromatic carbocycles. The second-order valence-corrected chi connectivity index (χ2v) is 5.14. The standard InChI is InChI=1S/C13H17F3N2O/c1-12(2,17)8-18-11(19)7-9-3-5-10(6-4-9)13(14,15)16/h3-6H,7-8,17H2,1-2H3,(H,18,19). The maximum Gasteiger partial charge on any atom is 0.416 e. The molecule has 0 radical (unpaired) electrons. The Kier molecular flexibility index (Phi) is 4.57. The van der Waals surface area contributed by atoms with E-state index < -0.39 is 17.3 Å². The maximum absolute atomic E-state index is 12.3. The summed E-state index contributed by atoms with van der Waals surface area (Å²) in [7, 11) is 0. The van der Waals surface area contributed by atoms with Crippen molar-refractivity contribution in [2.75, 3.05) is 6.54 Å². The molecular weight excluding hydrogens is 257 g/mol. The fraction of sp³-hybridized carbons (Fsp3) is 0.462. The minimum absolute atomic E-state index is 0.0359. The highest BCUT2D eigenvalue weighted by Crippen LogP contribution is 2.29. The Labute approximate surface area is 110 Å². The highest BCUT2D eigenvalue weighted by Gasteiger charge is 2.29. The summed E-state index contributed by atoms with van der Waals surface area (Å²) in [6, 6.07) is 4.54. The zero-order valence-electron chi connectivity index (χ0n) is 10.8. The lowest BCUT2D eigenvalue weighted by Gasteiger charge is -2.18. The van der Waals surface area contributed by atoms with Gasteiger partial charge in [0.15, 0.2) is 0 Å². The number of carbonyl (C=O) groups excluding carboxylic acids is 1. The lowest BCUT2D eigenvalue weighted by molar-refractivity contribution is -0.137. The predicted octanol–water partition coefficient (Wildman–Crippen LogP) is 2.10. The minimum Gasteiger partial charge on any atom is -0.354 e. The van der Waals surface area contributed by atoms with Crippen LogP contribution in [0.2, 0.25) is 0 Å². The van der Waals surface area contributed by atoms with Gasteiger partial charge in [-0.2, -0.15) is 13.2 Å². The topological polar surface area (TPSA) is 55.1 Å². The molecule has 0 bridgehead atoms. The molecule has 0 aromatic heterocycles. The number of nitrogens with two attached hydrogens (primary N) is 1. The number of amides is 1. The number of halogens is 3. The van der Waals surface area contributed by atoms with E-state index in [-0.39, 0.29) is 12.3 Å². The van der Waals surface area contributed by atoms with E-state index >= 15 is 0 Å². The Bertz CT molecular complexity index is 433. The number of alkyl halides is 3. The van der Waals surface area contributed by atoms with Crippen LogP contribution in [0, 0.1) is 0 Å². The lowest BCUT2D eigenvalue weighted by atomic mass is 10.1. The highest BCUT2D eigenvalue weighted by atomic mass is 19.4. The van der Waals surface area contributed by atoms with Crippen molar-refractivity contribution in [1.82, 2.24) is 5.32 Å². The van der Waals surface area contributed by atoms with Gasteiger partial charge in [-0.1, -0.05) is 12.1 Å². The molecule has 3 nitrogen and oxygen atoms in total. The molecule has 0 saturated carbocycles. The van der Waals surface area contributed by atoms with Gasteiger partial charge in [-0.25, -0.2) is 0 Å². The SMILES string of the molecule is CC(C)(N)CNC(=O)Cc1ccc(C(F)(F)F)cc1. The number of hydrogen-bond donors (Lipinski definition) is 2. The van der Waals surface area contributed by atoms with Gasteiger partial charge in [0, 0.05) is 12.1 Å². The van der Waals surface area contributed by atoms with Gasteiger partial charge in [0.2, 0.25) is 5.91 Å². The van der Waals surface area contributed by atoms with E-state index in [1.54, 1.807) is 13.8 Å². The Balaban J connectivity index is 2.56. The average molecular weight is 274 g/mol. The maximum atomic E-state index is 12.3. The Morgan fingerprint density at radius 2 is 1.74 bits per heavy atom. The van der Waals surface area contributed by atoms with Crippen molar-refractivity contribution in [3.8, 4) is 0 Å². The number of carbonyl (C=O) groups is 1. The van der Waals surface area contributed by atoms with Crippen LogP contribution in [-0.2, 0) is 17.4 Å². The van der Waals surface area contributed by atoms with Gasteiger partial charge >= 0.3 is 6.18 Å². The molecule has 0 aliphatic rings. The van der Waals surface area contributed by atoms with Gasteiger partial charge in [0.25, 0.3) is 0 Å². The van der Waals surface area contributed by atoms with Gasteiger partial charge in [0.05, 0.1) is 12.0 Å². The van der Waals surface area contributed by atoms with Gasteiger partial charge in [-0.3, -0.25) is 4.79 Å². The molecule has 3 N–H and O–H groups in total. The summed E-state index contributed by atoms with van der Waals surface area (Å²) in [5.74, 6) is -0.265. The van der Waals surface area contributed by atoms with E-state index in [1.165, 1.54) is 12.1 Å². The lowest BCUT2D eigenvalue weighted by Crippen LogP contribution is -2.45. The van der Waals surface area contributed by atoms with Crippen molar-refractivity contribution in [1.29, 1.82) is 0 Å². The first-order chi connectivity index (χ1) is 8.58. The third kappa shape index (κ3) is 5.74. The Morgan fingerprint density at radius 1 is 1.21 bits per heavy atom. The molecule has 0 unspecified atom stereocenters. The van der Waals surface area contributed by atoms with Gasteiger partial charge in [-0.05, 0) is 31.5 Å². The number of rotatable bonds is 4. The van der Waals surface area contributed by atoms with E-state index in [1.807, 2.05) is 0 Å². The predicted molar refractivity (Wildman–Crippen MR) is 66.4 cm³/mol. The molecule has 0 aliphatic carbocycles. The number of benzene rings is 1. The Hall–Kier alpha value is -1.56. The van der Waals surface area contributed by atoms with Crippen molar-refractivity contribution < 1.29 is 18.0 Å². The highest BCUT2D eigenvalue weighted by molar-refractivity contribution is 5.78. The molecule has 6 heteroatoms. The summed E-state index contributed by atoms with van der Waals surface area (Å²) in [5.41, 5.74) is 4.99. The molecule has 0 spiro atoms. The summed E-state index contributed by atoms with van der Waals surface area (Å²) in [5, 5.41) is 2.63. The van der Waals surface area contributed by atoms with E-state index in [2.05, 4.69) is 5.32 Å². The molecule has 1 aromatic rings. The first kappa shape index (κ1) is 15.5. The van der Waals surface area contributed by atoms with E-state index in [0.717, 1.165) is 12.1 Å². The Morgan fingerprint density at radius 3 is 2.16 bits per heavy atom. The second kappa shape index (κ2) is 5.61. The van der Waals surface area contributed by atoms with Crippen LogP contribution in [0.3, 0.4) is 0 Å². The minimum atomic E-state index is -4.36. The molecule has 0 fully saturated rings. The molecule has 1 rings (SSSR count). The molecule has 1 amide bonds. The smallest absolute Gasteiger partial charge is 0.354 e. The van der Waals surface area contributed by atoms with E-state index in [9.17, 15) is 18.0 Å². The summed E-state index contributed by atoms with van der Waals surface area (Å²) in [4.78, 5) is 11.6. The second-order valence-electron chi connectivity index (χ2n) is 5.14. The van der Waals surface area contributed by atoms with Crippen LogP contribution in [0.25, 0.3) is 0 Å². The van der Waals surface area contributed by atoms with Crippen LogP contribution < -0.4 is 11.1 Å². The molecule has 19 heavy (non-hydrogen) atoms. The van der Waals surface area contributed by atoms with Crippen LogP contribution >= 0.6 is 0 Å². The van der Waals surface area contributed by atoms with Gasteiger partial charge in [0.1, 0.15) is 0 Å². The van der Waals surface area contributed by atoms with Crippen molar-refractivity contribution >= 4 is 5.91 Å². The fourth-order valence-electron chi connectivity index (χ4n) is 1.39. The van der Waals surface area contributed by atoms with Crippen molar-refractivity contribution in [3.05, 3.63) is 35.4 Å². The number of hydrogen-bond acceptors (Lipinski definition) is 2. The monoisotopic (exact) mass is 274 g/mol. The quantitative estimate of drug-likeness (QED) is 0.883. The van der Waals surface area contributed by atoms with Crippen LogP contribution in [0.15, 0.2) is 24.3 Å². The molecule has 0 saturated heterocycles. The van der Waals surface area contributed by atoms with Crippen molar-refractivity contribution in [2.24, 2.45) is 5.73 Å². The van der Waals surface area contributed by atoms with E-state index in [0.29, 0.717) is 12.1 Å². The van der Waals surface area contributed by atoms with Crippen molar-refractivity contribution in [3.63, 3.8) is 0 Å². The summed E-state index contributed by atoms with van der Waals surface area (Å²) in [6.07, 6.45) is -4.32. The first-order valence-electron chi connectivity index (χ1n) is 5.80. The zero-order chi connectivity index (χ0) is 14.7. The zero-order valence-corrected chi connectivity index (χ0v) is 10.8. The molecule has 106 valence electrons. The fourth-order valence-corrected chi connectivity index (χ4v) is 1.39. The normalized spacial score (nSPS) is 12.3. The summed E-state index contributed by atoms with van der Waals surface area (Å²) < 4.78 is 37.0. The van der Waals surface area contributed by atoms with Crippen LogP contribution in [0.5, 0.6) is 0 Å². The van der Waals surface area contributed by atoms with Gasteiger partial charge in [-0.15, -0.1) is 0 Å². The third-order valence-corrected chi connectivity index (χ3v) is 2.39. The molecule has 0 heterocycles. The summed E-state index contributed by atoms with van der Waals surface area (Å²) >= 11 is 0. The largest absolute Gasteiger partial charge is 0.416 e. The third-order valence-electron chi connectivity index (χ3n) is 2.39. The molecule has 0 atom stereocenters. The first-order valence-corrected chi connectivity index (χ1v) is 5.80. The van der Waals surface area contributed by atoms with Gasteiger partial charge < -0.3 is 11.1 Å². The number of nitrogens with one attached hydrogen (secondary N) is 1.